The lowest BCUT2D eigenvalue weighted by Crippen LogP contribution is -2.48. The van der Waals surface area contributed by atoms with E-state index in [0.717, 1.165) is 36.0 Å². The number of hydrogen-bond donors (Lipinski definition) is 2. The summed E-state index contributed by atoms with van der Waals surface area (Å²) in [5.74, 6) is 1.68. The minimum absolute atomic E-state index is 0.0168. The van der Waals surface area contributed by atoms with Gasteiger partial charge in [0.05, 0.1) is 23.1 Å². The number of anilines is 1. The van der Waals surface area contributed by atoms with Gasteiger partial charge in [-0.05, 0) is 45.4 Å². The number of rotatable bonds is 3. The molecule has 1 heterocycles. The van der Waals surface area contributed by atoms with Gasteiger partial charge in [0.15, 0.2) is 0 Å². The minimum Gasteiger partial charge on any atom is -0.362 e. The molecule has 18 heavy (non-hydrogen) atoms. The van der Waals surface area contributed by atoms with Crippen LogP contribution in [0.25, 0.3) is 0 Å². The van der Waals surface area contributed by atoms with E-state index in [1.165, 1.54) is 12.8 Å². The lowest BCUT2D eigenvalue weighted by Gasteiger charge is -2.39. The summed E-state index contributed by atoms with van der Waals surface area (Å²) in [5.41, 5.74) is 7.97. The number of nitrogens with two attached hydrogens (primary N) is 1. The highest BCUT2D eigenvalue weighted by Crippen LogP contribution is 2.33. The van der Waals surface area contributed by atoms with Crippen LogP contribution in [0.4, 0.5) is 5.82 Å². The molecule has 1 aromatic rings. The Hall–Kier alpha value is -1.16. The molecule has 1 aliphatic carbocycles. The molecule has 0 bridgehead atoms. The van der Waals surface area contributed by atoms with Crippen LogP contribution in [0.5, 0.6) is 0 Å². The fraction of sp³-hybridized carbons (Fsp3) is 0.714. The van der Waals surface area contributed by atoms with Gasteiger partial charge in [0, 0.05) is 6.54 Å². The van der Waals surface area contributed by atoms with Gasteiger partial charge in [-0.1, -0.05) is 6.92 Å². The van der Waals surface area contributed by atoms with Crippen LogP contribution in [0.15, 0.2) is 6.20 Å². The van der Waals surface area contributed by atoms with Crippen molar-refractivity contribution in [3.05, 3.63) is 17.6 Å². The number of nitrogens with zero attached hydrogens (tertiary/aromatic N) is 2. The summed E-state index contributed by atoms with van der Waals surface area (Å²) in [7, 11) is 0. The quantitative estimate of drug-likeness (QED) is 0.862. The van der Waals surface area contributed by atoms with Crippen LogP contribution < -0.4 is 11.1 Å². The van der Waals surface area contributed by atoms with Crippen molar-refractivity contribution in [2.75, 3.05) is 11.9 Å². The largest absolute Gasteiger partial charge is 0.362 e. The van der Waals surface area contributed by atoms with E-state index in [1.54, 1.807) is 0 Å². The van der Waals surface area contributed by atoms with Gasteiger partial charge < -0.3 is 11.1 Å². The highest BCUT2D eigenvalue weighted by atomic mass is 15.1. The first-order valence-electron chi connectivity index (χ1n) is 6.83. The van der Waals surface area contributed by atoms with Gasteiger partial charge in [0.25, 0.3) is 0 Å². The molecule has 2 rings (SSSR count). The van der Waals surface area contributed by atoms with Crippen molar-refractivity contribution in [1.29, 1.82) is 0 Å². The summed E-state index contributed by atoms with van der Waals surface area (Å²) in [6, 6.07) is 0. The Kier molecular flexibility index (Phi) is 3.85. The molecule has 1 saturated carbocycles. The lowest BCUT2D eigenvalue weighted by atomic mass is 9.77. The molecule has 1 aliphatic rings. The van der Waals surface area contributed by atoms with Crippen LogP contribution in [-0.4, -0.2) is 22.1 Å². The molecule has 3 N–H and O–H groups in total. The van der Waals surface area contributed by atoms with E-state index >= 15 is 0 Å². The molecule has 1 fully saturated rings. The van der Waals surface area contributed by atoms with Crippen LogP contribution in [0.1, 0.15) is 44.0 Å². The van der Waals surface area contributed by atoms with E-state index in [9.17, 15) is 0 Å². The third-order valence-electron chi connectivity index (χ3n) is 4.21. The molecule has 0 saturated heterocycles. The van der Waals surface area contributed by atoms with E-state index in [1.807, 2.05) is 20.0 Å². The van der Waals surface area contributed by atoms with Crippen LogP contribution in [0.2, 0.25) is 0 Å². The number of aryl methyl sites for hydroxylation is 2. The molecule has 0 aliphatic heterocycles. The Morgan fingerprint density at radius 2 is 2.00 bits per heavy atom. The Bertz CT molecular complexity index is 408. The third-order valence-corrected chi connectivity index (χ3v) is 4.21. The van der Waals surface area contributed by atoms with E-state index in [0.29, 0.717) is 6.54 Å². The maximum Gasteiger partial charge on any atom is 0.145 e. The van der Waals surface area contributed by atoms with Gasteiger partial charge in [0.1, 0.15) is 5.82 Å². The second-order valence-electron chi connectivity index (χ2n) is 5.72. The summed E-state index contributed by atoms with van der Waals surface area (Å²) in [6.07, 6.45) is 6.54. The smallest absolute Gasteiger partial charge is 0.145 e. The Morgan fingerprint density at radius 1 is 1.33 bits per heavy atom. The zero-order chi connectivity index (χ0) is 13.2. The number of hydrogen-bond acceptors (Lipinski definition) is 4. The summed E-state index contributed by atoms with van der Waals surface area (Å²) < 4.78 is 0. The van der Waals surface area contributed by atoms with Crippen LogP contribution in [0, 0.1) is 19.8 Å². The summed E-state index contributed by atoms with van der Waals surface area (Å²) >= 11 is 0. The van der Waals surface area contributed by atoms with Gasteiger partial charge in [-0.3, -0.25) is 4.98 Å². The number of nitrogens with one attached hydrogen (secondary N) is 1. The molecule has 0 unspecified atom stereocenters. The van der Waals surface area contributed by atoms with Gasteiger partial charge in [-0.2, -0.15) is 0 Å². The van der Waals surface area contributed by atoms with Gasteiger partial charge >= 0.3 is 0 Å². The average molecular weight is 248 g/mol. The predicted octanol–water partition coefficient (Wildman–Crippen LogP) is 2.41. The van der Waals surface area contributed by atoms with E-state index in [-0.39, 0.29) is 5.54 Å². The SMILES string of the molecule is Cc1ncc(NC2(CN)CCC(C)CC2)nc1C. The van der Waals surface area contributed by atoms with Gasteiger partial charge in [0.2, 0.25) is 0 Å². The van der Waals surface area contributed by atoms with Crippen molar-refractivity contribution in [3.8, 4) is 0 Å². The molecule has 1 aromatic heterocycles. The maximum absolute atomic E-state index is 5.99. The Morgan fingerprint density at radius 3 is 2.56 bits per heavy atom. The molecular weight excluding hydrogens is 224 g/mol. The van der Waals surface area contributed by atoms with E-state index < -0.39 is 0 Å². The molecular formula is C14H24N4. The van der Waals surface area contributed by atoms with Crippen molar-refractivity contribution >= 4 is 5.82 Å². The standard InChI is InChI=1S/C14H24N4/c1-10-4-6-14(9-15,7-5-10)18-13-8-16-11(2)12(3)17-13/h8,10H,4-7,9,15H2,1-3H3,(H,17,18). The van der Waals surface area contributed by atoms with Crippen molar-refractivity contribution < 1.29 is 0 Å². The van der Waals surface area contributed by atoms with Crippen molar-refractivity contribution in [1.82, 2.24) is 9.97 Å². The topological polar surface area (TPSA) is 63.8 Å². The molecule has 0 radical (unpaired) electrons. The highest BCUT2D eigenvalue weighted by Gasteiger charge is 2.33. The molecule has 100 valence electrons. The summed E-state index contributed by atoms with van der Waals surface area (Å²) in [5, 5.41) is 3.53. The van der Waals surface area contributed by atoms with Crippen molar-refractivity contribution in [2.45, 2.75) is 52.0 Å². The van der Waals surface area contributed by atoms with Crippen LogP contribution in [-0.2, 0) is 0 Å². The van der Waals surface area contributed by atoms with Crippen molar-refractivity contribution in [2.24, 2.45) is 11.7 Å². The molecule has 4 nitrogen and oxygen atoms in total. The second kappa shape index (κ2) is 5.22. The first-order chi connectivity index (χ1) is 8.54. The predicted molar refractivity (Wildman–Crippen MR) is 74.5 cm³/mol. The molecule has 0 aromatic carbocycles. The maximum atomic E-state index is 5.99. The van der Waals surface area contributed by atoms with Crippen LogP contribution in [0.3, 0.4) is 0 Å². The highest BCUT2D eigenvalue weighted by molar-refractivity contribution is 5.37. The first-order valence-corrected chi connectivity index (χ1v) is 6.83. The lowest BCUT2D eigenvalue weighted by molar-refractivity contribution is 0.271. The average Bonchev–Trinajstić information content (AvgIpc) is 2.37. The second-order valence-corrected chi connectivity index (χ2v) is 5.72. The Balaban J connectivity index is 2.12. The van der Waals surface area contributed by atoms with Crippen LogP contribution >= 0.6 is 0 Å². The fourth-order valence-electron chi connectivity index (χ4n) is 2.57. The normalized spacial score (nSPS) is 28.1. The Labute approximate surface area is 109 Å². The molecule has 0 atom stereocenters. The summed E-state index contributed by atoms with van der Waals surface area (Å²) in [6.45, 7) is 6.95. The zero-order valence-electron chi connectivity index (χ0n) is 11.7. The molecule has 4 heteroatoms. The third kappa shape index (κ3) is 2.80. The molecule has 0 amide bonds. The van der Waals surface area contributed by atoms with Gasteiger partial charge in [-0.15, -0.1) is 0 Å². The zero-order valence-corrected chi connectivity index (χ0v) is 11.7. The minimum atomic E-state index is 0.0168. The van der Waals surface area contributed by atoms with E-state index in [2.05, 4.69) is 22.2 Å². The number of aromatic nitrogens is 2. The van der Waals surface area contributed by atoms with Gasteiger partial charge in [-0.25, -0.2) is 4.98 Å². The fourth-order valence-corrected chi connectivity index (χ4v) is 2.57. The monoisotopic (exact) mass is 248 g/mol. The van der Waals surface area contributed by atoms with E-state index in [4.69, 9.17) is 5.73 Å². The molecule has 0 spiro atoms. The summed E-state index contributed by atoms with van der Waals surface area (Å²) in [4.78, 5) is 8.91. The van der Waals surface area contributed by atoms with Crippen molar-refractivity contribution in [3.63, 3.8) is 0 Å². The first kappa shape index (κ1) is 13.3.